The zero-order valence-corrected chi connectivity index (χ0v) is 13.0. The van der Waals surface area contributed by atoms with E-state index in [4.69, 9.17) is 9.31 Å². The molecular formula is C12H20BNO4S. The van der Waals surface area contributed by atoms with E-state index in [0.29, 0.717) is 11.3 Å². The Bertz CT molecular complexity index is 587. The zero-order chi connectivity index (χ0) is 14.6. The highest BCUT2D eigenvalue weighted by Crippen LogP contribution is 2.36. The molecule has 0 atom stereocenters. The molecule has 0 bridgehead atoms. The van der Waals surface area contributed by atoms with E-state index in [0.717, 1.165) is 0 Å². The number of hydrogen-bond acceptors (Lipinski definition) is 4. The monoisotopic (exact) mass is 285 g/mol. The van der Waals surface area contributed by atoms with Gasteiger partial charge in [-0.3, -0.25) is 3.97 Å². The van der Waals surface area contributed by atoms with Gasteiger partial charge in [-0.25, -0.2) is 8.42 Å². The van der Waals surface area contributed by atoms with Crippen molar-refractivity contribution in [1.82, 2.24) is 3.97 Å². The number of aryl methyl sites for hydroxylation is 1. The molecule has 0 radical (unpaired) electrons. The van der Waals surface area contributed by atoms with Gasteiger partial charge < -0.3 is 9.31 Å². The summed E-state index contributed by atoms with van der Waals surface area (Å²) in [5.74, 6) is 0. The van der Waals surface area contributed by atoms with Crippen molar-refractivity contribution >= 4 is 22.7 Å². The predicted molar refractivity (Wildman–Crippen MR) is 75.1 cm³/mol. The molecule has 0 saturated carbocycles. The Balaban J connectivity index is 2.47. The van der Waals surface area contributed by atoms with Crippen LogP contribution in [0.4, 0.5) is 0 Å². The van der Waals surface area contributed by atoms with Gasteiger partial charge in [0, 0.05) is 5.69 Å². The topological polar surface area (TPSA) is 57.5 Å². The Hall–Kier alpha value is -0.785. The van der Waals surface area contributed by atoms with Crippen molar-refractivity contribution in [2.24, 2.45) is 0 Å². The minimum absolute atomic E-state index is 0.488. The summed E-state index contributed by atoms with van der Waals surface area (Å²) in [7, 11) is -4.05. The molecule has 2 heterocycles. The molecule has 0 aliphatic carbocycles. The van der Waals surface area contributed by atoms with Gasteiger partial charge >= 0.3 is 7.12 Å². The minimum atomic E-state index is -3.38. The van der Waals surface area contributed by atoms with Gasteiger partial charge in [0.05, 0.1) is 23.1 Å². The van der Waals surface area contributed by atoms with Crippen LogP contribution in [-0.2, 0) is 19.3 Å². The summed E-state index contributed by atoms with van der Waals surface area (Å²) in [6, 6.07) is 3.49. The van der Waals surface area contributed by atoms with Crippen molar-refractivity contribution in [3.05, 3.63) is 17.8 Å². The van der Waals surface area contributed by atoms with Gasteiger partial charge in [0.15, 0.2) is 0 Å². The Morgan fingerprint density at radius 1 is 1.11 bits per heavy atom. The Morgan fingerprint density at radius 2 is 1.58 bits per heavy atom. The first kappa shape index (κ1) is 14.6. The normalized spacial score (nSPS) is 21.9. The van der Waals surface area contributed by atoms with Gasteiger partial charge in [-0.2, -0.15) is 0 Å². The maximum Gasteiger partial charge on any atom is 0.513 e. The quantitative estimate of drug-likeness (QED) is 0.758. The molecule has 0 spiro atoms. The lowest BCUT2D eigenvalue weighted by Crippen LogP contribution is -2.41. The van der Waals surface area contributed by atoms with Gasteiger partial charge in [0.1, 0.15) is 0 Å². The van der Waals surface area contributed by atoms with E-state index in [1.54, 1.807) is 19.1 Å². The van der Waals surface area contributed by atoms with Crippen LogP contribution < -0.4 is 5.59 Å². The summed E-state index contributed by atoms with van der Waals surface area (Å²) in [5, 5.41) is 0. The Morgan fingerprint density at radius 3 is 2.00 bits per heavy atom. The summed E-state index contributed by atoms with van der Waals surface area (Å²) >= 11 is 0. The van der Waals surface area contributed by atoms with Crippen LogP contribution in [0.1, 0.15) is 33.4 Å². The van der Waals surface area contributed by atoms with E-state index >= 15 is 0 Å². The highest BCUT2D eigenvalue weighted by Gasteiger charge is 2.53. The fraction of sp³-hybridized carbons (Fsp3) is 0.667. The highest BCUT2D eigenvalue weighted by atomic mass is 32.2. The summed E-state index contributed by atoms with van der Waals surface area (Å²) in [6.07, 6.45) is 1.18. The molecule has 1 aromatic rings. The van der Waals surface area contributed by atoms with Crippen LogP contribution in [0.2, 0.25) is 0 Å². The molecule has 1 aliphatic heterocycles. The molecule has 1 saturated heterocycles. The molecule has 1 aromatic heterocycles. The van der Waals surface area contributed by atoms with Gasteiger partial charge in [-0.1, -0.05) is 0 Å². The van der Waals surface area contributed by atoms with Crippen LogP contribution in [0.15, 0.2) is 12.1 Å². The summed E-state index contributed by atoms with van der Waals surface area (Å²) in [4.78, 5) is 0. The van der Waals surface area contributed by atoms with Gasteiger partial charge in [0.2, 0.25) is 10.0 Å². The lowest BCUT2D eigenvalue weighted by Gasteiger charge is -2.32. The molecule has 106 valence electrons. The van der Waals surface area contributed by atoms with Gasteiger partial charge in [-0.15, -0.1) is 0 Å². The largest absolute Gasteiger partial charge is 0.513 e. The lowest BCUT2D eigenvalue weighted by atomic mass is 9.85. The molecule has 0 N–H and O–H groups in total. The van der Waals surface area contributed by atoms with Crippen LogP contribution in [-0.4, -0.2) is 37.0 Å². The number of hydrogen-bond donors (Lipinski definition) is 0. The molecule has 7 heteroatoms. The van der Waals surface area contributed by atoms with E-state index in [-0.39, 0.29) is 0 Å². The first-order chi connectivity index (χ1) is 8.46. The zero-order valence-electron chi connectivity index (χ0n) is 12.2. The predicted octanol–water partition coefficient (Wildman–Crippen LogP) is 0.903. The first-order valence-electron chi connectivity index (χ1n) is 6.20. The lowest BCUT2D eigenvalue weighted by molar-refractivity contribution is 0.00578. The summed E-state index contributed by atoms with van der Waals surface area (Å²) in [5.41, 5.74) is 0.182. The fourth-order valence-corrected chi connectivity index (χ4v) is 3.25. The third kappa shape index (κ3) is 2.35. The number of rotatable bonds is 2. The van der Waals surface area contributed by atoms with Crippen LogP contribution in [0.3, 0.4) is 0 Å². The van der Waals surface area contributed by atoms with E-state index in [9.17, 15) is 8.42 Å². The summed E-state index contributed by atoms with van der Waals surface area (Å²) in [6.45, 7) is 9.50. The minimum Gasteiger partial charge on any atom is -0.398 e. The molecule has 5 nitrogen and oxygen atoms in total. The van der Waals surface area contributed by atoms with E-state index in [1.165, 1.54) is 10.2 Å². The molecule has 0 aromatic carbocycles. The molecule has 2 rings (SSSR count). The van der Waals surface area contributed by atoms with Gasteiger partial charge in [-0.05, 0) is 46.8 Å². The summed E-state index contributed by atoms with van der Waals surface area (Å²) < 4.78 is 36.8. The highest BCUT2D eigenvalue weighted by molar-refractivity contribution is 7.89. The van der Waals surface area contributed by atoms with E-state index in [1.807, 2.05) is 27.7 Å². The molecule has 1 fully saturated rings. The molecule has 0 unspecified atom stereocenters. The van der Waals surface area contributed by atoms with E-state index in [2.05, 4.69) is 0 Å². The Labute approximate surface area is 115 Å². The maximum atomic E-state index is 11.9. The van der Waals surface area contributed by atoms with Gasteiger partial charge in [0.25, 0.3) is 0 Å². The van der Waals surface area contributed by atoms with Crippen molar-refractivity contribution in [3.8, 4) is 0 Å². The molecule has 1 aliphatic rings. The average Bonchev–Trinajstić information content (AvgIpc) is 2.65. The van der Waals surface area contributed by atoms with Crippen molar-refractivity contribution in [2.75, 3.05) is 6.26 Å². The first-order valence-corrected chi connectivity index (χ1v) is 8.05. The number of nitrogens with zero attached hydrogens (tertiary/aromatic N) is 1. The van der Waals surface area contributed by atoms with Crippen LogP contribution >= 0.6 is 0 Å². The van der Waals surface area contributed by atoms with Crippen molar-refractivity contribution in [3.63, 3.8) is 0 Å². The SMILES string of the molecule is Cc1ccc(B2OC(C)(C)C(C)(C)O2)n1S(C)(=O)=O. The molecule has 0 amide bonds. The van der Waals surface area contributed by atoms with Crippen LogP contribution in [0.25, 0.3) is 0 Å². The van der Waals surface area contributed by atoms with E-state index < -0.39 is 28.3 Å². The Kier molecular flexibility index (Phi) is 3.16. The number of aromatic nitrogens is 1. The molecule has 19 heavy (non-hydrogen) atoms. The third-order valence-corrected chi connectivity index (χ3v) is 5.04. The van der Waals surface area contributed by atoms with Crippen LogP contribution in [0.5, 0.6) is 0 Å². The van der Waals surface area contributed by atoms with Crippen molar-refractivity contribution in [2.45, 2.75) is 45.8 Å². The second-order valence-corrected chi connectivity index (χ2v) is 7.85. The average molecular weight is 285 g/mol. The molecular weight excluding hydrogens is 265 g/mol. The smallest absolute Gasteiger partial charge is 0.398 e. The van der Waals surface area contributed by atoms with Crippen LogP contribution in [0, 0.1) is 6.92 Å². The second-order valence-electron chi connectivity index (χ2n) is 6.02. The van der Waals surface area contributed by atoms with Crippen molar-refractivity contribution < 1.29 is 17.7 Å². The fourth-order valence-electron chi connectivity index (χ4n) is 2.14. The maximum absolute atomic E-state index is 11.9. The standard InChI is InChI=1S/C12H20BNO4S/c1-9-7-8-10(14(9)19(6,15)16)13-17-11(2,3)12(4,5)18-13/h7-8H,1-6H3. The third-order valence-electron chi connectivity index (χ3n) is 3.88. The second kappa shape index (κ2) is 4.10. The van der Waals surface area contributed by atoms with Crippen molar-refractivity contribution in [1.29, 1.82) is 0 Å².